The number of aromatic nitrogens is 3. The lowest BCUT2D eigenvalue weighted by molar-refractivity contribution is 0.0691. The van der Waals surface area contributed by atoms with Gasteiger partial charge in [0.05, 0.1) is 24.1 Å². The predicted molar refractivity (Wildman–Crippen MR) is 79.4 cm³/mol. The lowest BCUT2D eigenvalue weighted by Gasteiger charge is -2.11. The summed E-state index contributed by atoms with van der Waals surface area (Å²) in [5.74, 6) is -0.471. The van der Waals surface area contributed by atoms with Gasteiger partial charge in [-0.15, -0.1) is 0 Å². The van der Waals surface area contributed by atoms with Crippen LogP contribution in [0, 0.1) is 6.92 Å². The molecule has 2 aromatic rings. The van der Waals surface area contributed by atoms with Crippen LogP contribution in [0.2, 0.25) is 0 Å². The van der Waals surface area contributed by atoms with E-state index in [-0.39, 0.29) is 11.6 Å². The van der Waals surface area contributed by atoms with Gasteiger partial charge in [0.25, 0.3) is 0 Å². The molecular formula is C15H18N4O2. The molecule has 0 radical (unpaired) electrons. The van der Waals surface area contributed by atoms with E-state index in [0.717, 1.165) is 11.4 Å². The van der Waals surface area contributed by atoms with Crippen molar-refractivity contribution in [2.45, 2.75) is 33.2 Å². The summed E-state index contributed by atoms with van der Waals surface area (Å²) in [4.78, 5) is 24.0. The van der Waals surface area contributed by atoms with Crippen molar-refractivity contribution in [2.75, 3.05) is 5.32 Å². The summed E-state index contributed by atoms with van der Waals surface area (Å²) in [6.45, 7) is 6.18. The molecule has 0 saturated carbocycles. The zero-order chi connectivity index (χ0) is 15.4. The fourth-order valence-corrected chi connectivity index (χ4v) is 1.85. The van der Waals surface area contributed by atoms with Crippen LogP contribution in [0.25, 0.3) is 0 Å². The first-order chi connectivity index (χ1) is 9.97. The number of rotatable bonds is 5. The van der Waals surface area contributed by atoms with Crippen molar-refractivity contribution in [3.8, 4) is 0 Å². The number of nitrogens with one attached hydrogen (secondary N) is 1. The van der Waals surface area contributed by atoms with Crippen molar-refractivity contribution in [2.24, 2.45) is 0 Å². The number of carboxylic acids is 1. The Balaban J connectivity index is 2.21. The zero-order valence-electron chi connectivity index (χ0n) is 12.3. The highest BCUT2D eigenvalue weighted by Gasteiger charge is 2.15. The number of anilines is 1. The molecule has 6 nitrogen and oxygen atoms in total. The van der Waals surface area contributed by atoms with Gasteiger partial charge in [0.2, 0.25) is 0 Å². The van der Waals surface area contributed by atoms with Crippen LogP contribution in [0.4, 0.5) is 5.69 Å². The molecule has 21 heavy (non-hydrogen) atoms. The topological polar surface area (TPSA) is 88.0 Å². The van der Waals surface area contributed by atoms with Crippen LogP contribution in [-0.2, 0) is 6.54 Å². The molecule has 0 aromatic carbocycles. The van der Waals surface area contributed by atoms with Crippen molar-refractivity contribution in [3.05, 3.63) is 47.3 Å². The maximum atomic E-state index is 11.3. The SMILES string of the molecule is Cc1cccc(CNc2cnc(C(C)C)nc2C(=O)O)n1. The molecule has 0 spiro atoms. The van der Waals surface area contributed by atoms with Gasteiger partial charge in [-0.3, -0.25) is 4.98 Å². The Hall–Kier alpha value is -2.50. The summed E-state index contributed by atoms with van der Waals surface area (Å²) in [6, 6.07) is 5.70. The van der Waals surface area contributed by atoms with Crippen molar-refractivity contribution in [1.29, 1.82) is 0 Å². The Morgan fingerprint density at radius 3 is 2.71 bits per heavy atom. The first-order valence-corrected chi connectivity index (χ1v) is 6.74. The maximum absolute atomic E-state index is 11.3. The van der Waals surface area contributed by atoms with Gasteiger partial charge in [0, 0.05) is 11.6 Å². The Bertz CT molecular complexity index is 656. The molecule has 2 N–H and O–H groups in total. The molecule has 0 aliphatic heterocycles. The monoisotopic (exact) mass is 286 g/mol. The summed E-state index contributed by atoms with van der Waals surface area (Å²) < 4.78 is 0. The quantitative estimate of drug-likeness (QED) is 0.878. The van der Waals surface area contributed by atoms with Gasteiger partial charge >= 0.3 is 5.97 Å². The van der Waals surface area contributed by atoms with Crippen molar-refractivity contribution >= 4 is 11.7 Å². The molecule has 0 saturated heterocycles. The van der Waals surface area contributed by atoms with Gasteiger partial charge in [0.15, 0.2) is 5.69 Å². The van der Waals surface area contributed by atoms with E-state index in [1.165, 1.54) is 6.20 Å². The predicted octanol–water partition coefficient (Wildman–Crippen LogP) is 2.61. The average molecular weight is 286 g/mol. The van der Waals surface area contributed by atoms with Crippen LogP contribution in [0.15, 0.2) is 24.4 Å². The number of carboxylic acid groups (broad SMARTS) is 1. The normalized spacial score (nSPS) is 10.7. The Morgan fingerprint density at radius 2 is 2.10 bits per heavy atom. The highest BCUT2D eigenvalue weighted by atomic mass is 16.4. The molecule has 0 bridgehead atoms. The van der Waals surface area contributed by atoms with E-state index in [4.69, 9.17) is 0 Å². The van der Waals surface area contributed by atoms with E-state index in [9.17, 15) is 9.90 Å². The van der Waals surface area contributed by atoms with Crippen molar-refractivity contribution in [3.63, 3.8) is 0 Å². The first-order valence-electron chi connectivity index (χ1n) is 6.74. The van der Waals surface area contributed by atoms with Gasteiger partial charge < -0.3 is 10.4 Å². The van der Waals surface area contributed by atoms with Crippen LogP contribution in [0.1, 0.15) is 47.5 Å². The van der Waals surface area contributed by atoms with Crippen LogP contribution in [-0.4, -0.2) is 26.0 Å². The fraction of sp³-hybridized carbons (Fsp3) is 0.333. The van der Waals surface area contributed by atoms with E-state index in [2.05, 4.69) is 20.3 Å². The Kier molecular flexibility index (Phi) is 4.47. The number of aryl methyl sites for hydroxylation is 1. The van der Waals surface area contributed by atoms with Gasteiger partial charge in [-0.1, -0.05) is 19.9 Å². The summed E-state index contributed by atoms with van der Waals surface area (Å²) in [6.07, 6.45) is 1.52. The second-order valence-corrected chi connectivity index (χ2v) is 5.07. The summed E-state index contributed by atoms with van der Waals surface area (Å²) >= 11 is 0. The minimum absolute atomic E-state index is 0.0126. The maximum Gasteiger partial charge on any atom is 0.356 e. The molecule has 0 aliphatic rings. The third-order valence-electron chi connectivity index (χ3n) is 2.93. The number of carbonyl (C=O) groups is 1. The third kappa shape index (κ3) is 3.75. The summed E-state index contributed by atoms with van der Waals surface area (Å²) in [7, 11) is 0. The van der Waals surface area contributed by atoms with Crippen LogP contribution in [0.5, 0.6) is 0 Å². The highest BCUT2D eigenvalue weighted by Crippen LogP contribution is 2.17. The van der Waals surface area contributed by atoms with Crippen molar-refractivity contribution in [1.82, 2.24) is 15.0 Å². The standard InChI is InChI=1S/C15H18N4O2/c1-9(2)14-17-8-12(13(19-14)15(20)21)16-7-11-6-4-5-10(3)18-11/h4-6,8-9,16H,7H2,1-3H3,(H,20,21). The summed E-state index contributed by atoms with van der Waals surface area (Å²) in [5.41, 5.74) is 2.13. The van der Waals surface area contributed by atoms with Gasteiger partial charge in [-0.05, 0) is 19.1 Å². The molecule has 2 aromatic heterocycles. The second kappa shape index (κ2) is 6.30. The molecule has 0 amide bonds. The lowest BCUT2D eigenvalue weighted by Crippen LogP contribution is -2.12. The summed E-state index contributed by atoms with van der Waals surface area (Å²) in [5, 5.41) is 12.3. The number of nitrogens with zero attached hydrogens (tertiary/aromatic N) is 3. The van der Waals surface area contributed by atoms with Gasteiger partial charge in [0.1, 0.15) is 5.82 Å². The Labute approximate surface area is 123 Å². The molecule has 2 rings (SSSR count). The molecule has 2 heterocycles. The number of aromatic carboxylic acids is 1. The molecule has 0 aliphatic carbocycles. The molecular weight excluding hydrogens is 268 g/mol. The molecule has 0 fully saturated rings. The van der Waals surface area contributed by atoms with Gasteiger partial charge in [-0.25, -0.2) is 14.8 Å². The van der Waals surface area contributed by atoms with Crippen LogP contribution < -0.4 is 5.32 Å². The fourth-order valence-electron chi connectivity index (χ4n) is 1.85. The molecule has 6 heteroatoms. The average Bonchev–Trinajstić information content (AvgIpc) is 2.44. The second-order valence-electron chi connectivity index (χ2n) is 5.07. The smallest absolute Gasteiger partial charge is 0.356 e. The van der Waals surface area contributed by atoms with E-state index in [1.807, 2.05) is 39.0 Å². The minimum Gasteiger partial charge on any atom is -0.476 e. The minimum atomic E-state index is -1.07. The number of hydrogen-bond donors (Lipinski definition) is 2. The highest BCUT2D eigenvalue weighted by molar-refractivity contribution is 5.91. The molecule has 0 unspecified atom stereocenters. The van der Waals surface area contributed by atoms with Crippen molar-refractivity contribution < 1.29 is 9.90 Å². The van der Waals surface area contributed by atoms with E-state index < -0.39 is 5.97 Å². The lowest BCUT2D eigenvalue weighted by atomic mass is 10.2. The largest absolute Gasteiger partial charge is 0.476 e. The Morgan fingerprint density at radius 1 is 1.33 bits per heavy atom. The molecule has 110 valence electrons. The van der Waals surface area contributed by atoms with E-state index in [0.29, 0.717) is 18.1 Å². The molecule has 0 atom stereocenters. The van der Waals surface area contributed by atoms with Gasteiger partial charge in [-0.2, -0.15) is 0 Å². The number of pyridine rings is 1. The number of hydrogen-bond acceptors (Lipinski definition) is 5. The van der Waals surface area contributed by atoms with E-state index >= 15 is 0 Å². The van der Waals surface area contributed by atoms with E-state index in [1.54, 1.807) is 0 Å². The third-order valence-corrected chi connectivity index (χ3v) is 2.93. The zero-order valence-corrected chi connectivity index (χ0v) is 12.3. The first kappa shape index (κ1) is 14.9. The van der Waals surface area contributed by atoms with Crippen LogP contribution >= 0.6 is 0 Å². The van der Waals surface area contributed by atoms with Crippen LogP contribution in [0.3, 0.4) is 0 Å².